The summed E-state index contributed by atoms with van der Waals surface area (Å²) in [6.45, 7) is 2.90. The van der Waals surface area contributed by atoms with Gasteiger partial charge in [0.15, 0.2) is 5.72 Å². The summed E-state index contributed by atoms with van der Waals surface area (Å²) in [6.07, 6.45) is 9.76. The number of nitrogens with two attached hydrogens (primary N) is 2. The molecule has 2 saturated heterocycles. The van der Waals surface area contributed by atoms with Crippen LogP contribution in [0.1, 0.15) is 58.3 Å². The summed E-state index contributed by atoms with van der Waals surface area (Å²) in [5.74, 6) is -1.33. The van der Waals surface area contributed by atoms with E-state index in [1.165, 1.54) is 60.6 Å². The van der Waals surface area contributed by atoms with Crippen LogP contribution in [0.25, 0.3) is 0 Å². The number of fused-ring (bicyclic) bond motifs is 4. The van der Waals surface area contributed by atoms with Gasteiger partial charge in [0.05, 0.1) is 29.5 Å². The molecule has 278 valence electrons. The molecule has 7 rings (SSSR count). The fraction of sp³-hybridized carbons (Fsp3) is 0.419. The van der Waals surface area contributed by atoms with Gasteiger partial charge in [0.2, 0.25) is 11.6 Å². The van der Waals surface area contributed by atoms with E-state index in [4.69, 9.17) is 20.9 Å². The summed E-state index contributed by atoms with van der Waals surface area (Å²) < 4.78 is 11.5. The maximum Gasteiger partial charge on any atom is 0.404 e. The minimum atomic E-state index is -1.77. The highest BCUT2D eigenvalue weighted by atomic mass is 31.2. The van der Waals surface area contributed by atoms with Gasteiger partial charge in [0.1, 0.15) is 29.8 Å². The van der Waals surface area contributed by atoms with Crippen molar-refractivity contribution in [1.82, 2.24) is 9.80 Å². The number of methoxy groups -OCH3 is 1. The minimum Gasteiger partial charge on any atom is -0.449 e. The van der Waals surface area contributed by atoms with Crippen LogP contribution in [-0.4, -0.2) is 78.2 Å². The molecule has 0 saturated carbocycles. The summed E-state index contributed by atoms with van der Waals surface area (Å²) >= 11 is 0. The molecule has 4 N–H and O–H groups in total. The number of amides is 1. The van der Waals surface area contributed by atoms with Gasteiger partial charge in [0.25, 0.3) is 0 Å². The van der Waals surface area contributed by atoms with Crippen molar-refractivity contribution in [3.63, 3.8) is 0 Å². The highest BCUT2D eigenvalue weighted by Crippen LogP contribution is 2.60. The van der Waals surface area contributed by atoms with Crippen LogP contribution >= 0.6 is 7.26 Å². The second kappa shape index (κ2) is 15.6. The SMILES string of the molecule is CO[C@@]12[C@H](COC(N)=O)C3=C(C(=O)C(C)=C(N)C3=O)N1C[C@H]1[C@@H]2N1CCCCCCCCCC[P+](c1ccccc1)(c1ccccc1)c1ccccc1. The maximum absolute atomic E-state index is 13.4. The van der Waals surface area contributed by atoms with E-state index >= 15 is 0 Å². The number of ketones is 2. The topological polar surface area (TPSA) is 128 Å². The molecule has 1 amide bonds. The number of piperazine rings is 1. The van der Waals surface area contributed by atoms with Gasteiger partial charge in [0, 0.05) is 30.8 Å². The van der Waals surface area contributed by atoms with E-state index in [1.807, 2.05) is 4.90 Å². The first-order valence-electron chi connectivity index (χ1n) is 19.1. The van der Waals surface area contributed by atoms with Crippen molar-refractivity contribution in [3.8, 4) is 0 Å². The Labute approximate surface area is 313 Å². The van der Waals surface area contributed by atoms with Gasteiger partial charge in [-0.2, -0.15) is 0 Å². The lowest BCUT2D eigenvalue weighted by molar-refractivity contribution is -0.145. The Bertz CT molecular complexity index is 1790. The third kappa shape index (κ3) is 6.51. The van der Waals surface area contributed by atoms with Gasteiger partial charge in [-0.15, -0.1) is 0 Å². The summed E-state index contributed by atoms with van der Waals surface area (Å²) in [4.78, 5) is 42.9. The molecule has 4 aliphatic rings. The van der Waals surface area contributed by atoms with Crippen LogP contribution in [0.4, 0.5) is 4.79 Å². The molecule has 3 heterocycles. The Balaban J connectivity index is 0.897. The van der Waals surface area contributed by atoms with E-state index in [2.05, 4.69) is 95.9 Å². The zero-order chi connectivity index (χ0) is 37.2. The van der Waals surface area contributed by atoms with Crippen LogP contribution in [0, 0.1) is 5.92 Å². The molecular formula is C43H52N4O5P+. The van der Waals surface area contributed by atoms with Gasteiger partial charge in [-0.05, 0) is 69.1 Å². The van der Waals surface area contributed by atoms with Gasteiger partial charge < -0.3 is 25.8 Å². The Morgan fingerprint density at radius 3 is 1.81 bits per heavy atom. The summed E-state index contributed by atoms with van der Waals surface area (Å²) in [5.41, 5.74) is 11.2. The molecule has 0 bridgehead atoms. The van der Waals surface area contributed by atoms with Gasteiger partial charge in [-0.1, -0.05) is 86.7 Å². The monoisotopic (exact) mass is 735 g/mol. The molecule has 0 aromatic heterocycles. The predicted octanol–water partition coefficient (Wildman–Crippen LogP) is 5.18. The second-order valence-electron chi connectivity index (χ2n) is 14.8. The number of unbranched alkanes of at least 4 members (excludes halogenated alkanes) is 7. The van der Waals surface area contributed by atoms with Crippen molar-refractivity contribution >= 4 is 40.8 Å². The van der Waals surface area contributed by atoms with Crippen LogP contribution < -0.4 is 27.4 Å². The number of carbonyl (C=O) groups excluding carboxylic acids is 3. The van der Waals surface area contributed by atoms with Crippen LogP contribution in [0.3, 0.4) is 0 Å². The number of carbonyl (C=O) groups is 3. The summed E-state index contributed by atoms with van der Waals surface area (Å²) in [6, 6.07) is 33.6. The van der Waals surface area contributed by atoms with Crippen molar-refractivity contribution in [2.75, 3.05) is 33.0 Å². The lowest BCUT2D eigenvalue weighted by Gasteiger charge is -2.41. The molecule has 5 atom stereocenters. The second-order valence-corrected chi connectivity index (χ2v) is 18.4. The molecule has 10 heteroatoms. The third-order valence-corrected chi connectivity index (χ3v) is 16.6. The number of nitrogens with zero attached hydrogens (tertiary/aromatic N) is 2. The Morgan fingerprint density at radius 2 is 1.30 bits per heavy atom. The van der Waals surface area contributed by atoms with Gasteiger partial charge in [-0.3, -0.25) is 14.5 Å². The minimum absolute atomic E-state index is 0.0284. The molecule has 3 aromatic rings. The highest BCUT2D eigenvalue weighted by molar-refractivity contribution is 7.95. The molecule has 3 aromatic carbocycles. The Hall–Kier alpha value is -4.30. The molecule has 0 radical (unpaired) electrons. The molecule has 1 unspecified atom stereocenters. The molecule has 3 aliphatic heterocycles. The van der Waals surface area contributed by atoms with E-state index in [1.54, 1.807) is 14.0 Å². The molecule has 53 heavy (non-hydrogen) atoms. The average Bonchev–Trinajstić information content (AvgIpc) is 3.64. The predicted molar refractivity (Wildman–Crippen MR) is 211 cm³/mol. The van der Waals surface area contributed by atoms with Crippen molar-refractivity contribution < 1.29 is 23.9 Å². The number of hydrogen-bond donors (Lipinski definition) is 2. The maximum atomic E-state index is 13.4. The first-order chi connectivity index (χ1) is 25.8. The lowest BCUT2D eigenvalue weighted by Crippen LogP contribution is -2.55. The lowest BCUT2D eigenvalue weighted by atomic mass is 9.82. The molecule has 0 spiro atoms. The summed E-state index contributed by atoms with van der Waals surface area (Å²) in [5, 5.41) is 4.36. The number of primary amides is 1. The van der Waals surface area contributed by atoms with Crippen LogP contribution in [0.15, 0.2) is 114 Å². The van der Waals surface area contributed by atoms with Crippen molar-refractivity contribution in [3.05, 3.63) is 114 Å². The third-order valence-electron chi connectivity index (χ3n) is 12.1. The normalized spacial score (nSPS) is 24.7. The van der Waals surface area contributed by atoms with Crippen molar-refractivity contribution in [2.45, 2.75) is 76.1 Å². The van der Waals surface area contributed by atoms with Gasteiger partial charge >= 0.3 is 6.09 Å². The largest absolute Gasteiger partial charge is 0.449 e. The first kappa shape index (κ1) is 37.0. The molecule has 9 nitrogen and oxygen atoms in total. The van der Waals surface area contributed by atoms with Crippen LogP contribution in [0.2, 0.25) is 0 Å². The van der Waals surface area contributed by atoms with Crippen LogP contribution in [-0.2, 0) is 19.1 Å². The Kier molecular flexibility index (Phi) is 10.9. The van der Waals surface area contributed by atoms with Gasteiger partial charge in [-0.25, -0.2) is 4.79 Å². The zero-order valence-corrected chi connectivity index (χ0v) is 31.8. The highest BCUT2D eigenvalue weighted by Gasteiger charge is 2.76. The quantitative estimate of drug-likeness (QED) is 0.0842. The van der Waals surface area contributed by atoms with Crippen molar-refractivity contribution in [2.24, 2.45) is 17.4 Å². The van der Waals surface area contributed by atoms with E-state index < -0.39 is 30.8 Å². The van der Waals surface area contributed by atoms with E-state index in [0.29, 0.717) is 12.2 Å². The number of hydrogen-bond acceptors (Lipinski definition) is 8. The summed E-state index contributed by atoms with van der Waals surface area (Å²) in [7, 11) is -0.165. The van der Waals surface area contributed by atoms with E-state index in [-0.39, 0.29) is 41.3 Å². The number of Topliss-reactive ketones (excluding diaryl/α,β-unsaturated/α-hetero) is 2. The van der Waals surface area contributed by atoms with E-state index in [0.717, 1.165) is 19.4 Å². The number of rotatable bonds is 17. The fourth-order valence-electron chi connectivity index (χ4n) is 9.47. The van der Waals surface area contributed by atoms with Crippen LogP contribution in [0.5, 0.6) is 0 Å². The Morgan fingerprint density at radius 1 is 0.792 bits per heavy atom. The molecule has 1 aliphatic carbocycles. The van der Waals surface area contributed by atoms with Crippen molar-refractivity contribution in [1.29, 1.82) is 0 Å². The number of ether oxygens (including phenoxy) is 2. The fourth-order valence-corrected chi connectivity index (χ4v) is 13.9. The smallest absolute Gasteiger partial charge is 0.404 e. The number of allylic oxidation sites excluding steroid dienone is 2. The standard InChI is InChI=1S/C43H51N4O5P/c1-30-37(44)40(49)36-34(29-52-42(45)50)43(51-2)41-35(28-47(43)38(36)39(30)48)46(41)26-18-7-5-3-4-6-8-19-27-53(31-20-12-9-13-21-31,32-22-14-10-15-23-32)33-24-16-11-17-25-33/h9-17,20-25,34-35,41H,3-8,18-19,26-29H2,1-2H3,(H3-,44,45,48,50)/p+1/t34-,35+,41+,43-,46?/m1/s1. The first-order valence-corrected chi connectivity index (χ1v) is 21.1. The molecular weight excluding hydrogens is 683 g/mol. The van der Waals surface area contributed by atoms with E-state index in [9.17, 15) is 14.4 Å². The average molecular weight is 736 g/mol. The number of benzene rings is 3. The molecule has 2 fully saturated rings. The zero-order valence-electron chi connectivity index (χ0n) is 30.9.